The maximum absolute atomic E-state index is 4.53. The molecule has 0 amide bonds. The summed E-state index contributed by atoms with van der Waals surface area (Å²) in [6, 6.07) is 4.09. The van der Waals surface area contributed by atoms with E-state index < -0.39 is 0 Å². The summed E-state index contributed by atoms with van der Waals surface area (Å²) >= 11 is 0. The van der Waals surface area contributed by atoms with Crippen molar-refractivity contribution < 1.29 is 0 Å². The van der Waals surface area contributed by atoms with Gasteiger partial charge in [0.15, 0.2) is 0 Å². The molecule has 3 rings (SSSR count). The predicted molar refractivity (Wildman–Crippen MR) is 89.2 cm³/mol. The van der Waals surface area contributed by atoms with Crippen molar-refractivity contribution in [2.45, 2.75) is 32.9 Å². The Hall–Kier alpha value is -2.47. The fourth-order valence-corrected chi connectivity index (χ4v) is 2.59. The van der Waals surface area contributed by atoms with Crippen molar-refractivity contribution in [3.8, 4) is 5.82 Å². The van der Waals surface area contributed by atoms with E-state index in [-0.39, 0.29) is 0 Å². The van der Waals surface area contributed by atoms with E-state index in [1.807, 2.05) is 34.8 Å². The summed E-state index contributed by atoms with van der Waals surface area (Å²) in [5.41, 5.74) is 3.57. The van der Waals surface area contributed by atoms with Gasteiger partial charge in [-0.15, -0.1) is 0 Å². The van der Waals surface area contributed by atoms with Crippen molar-refractivity contribution in [3.05, 3.63) is 60.1 Å². The minimum atomic E-state index is 0.434. The van der Waals surface area contributed by atoms with Crippen LogP contribution < -0.4 is 5.32 Å². The number of nitrogens with zero attached hydrogens (tertiary/aromatic N) is 5. The Labute approximate surface area is 136 Å². The van der Waals surface area contributed by atoms with Gasteiger partial charge in [0, 0.05) is 50.5 Å². The topological polar surface area (TPSA) is 60.6 Å². The van der Waals surface area contributed by atoms with Crippen LogP contribution in [0.2, 0.25) is 0 Å². The lowest BCUT2D eigenvalue weighted by atomic mass is 10.1. The van der Waals surface area contributed by atoms with E-state index in [1.54, 1.807) is 12.5 Å². The Morgan fingerprint density at radius 3 is 2.74 bits per heavy atom. The molecule has 0 aliphatic rings. The first-order chi connectivity index (χ1) is 11.1. The molecule has 0 saturated carbocycles. The molecule has 3 aromatic heterocycles. The van der Waals surface area contributed by atoms with Gasteiger partial charge < -0.3 is 5.32 Å². The van der Waals surface area contributed by atoms with Gasteiger partial charge in [-0.1, -0.05) is 19.9 Å². The molecule has 0 fully saturated rings. The van der Waals surface area contributed by atoms with E-state index in [4.69, 9.17) is 0 Å². The molecule has 6 nitrogen and oxygen atoms in total. The van der Waals surface area contributed by atoms with Crippen molar-refractivity contribution in [2.75, 3.05) is 0 Å². The van der Waals surface area contributed by atoms with Crippen molar-refractivity contribution in [1.29, 1.82) is 0 Å². The van der Waals surface area contributed by atoms with Crippen LogP contribution in [-0.4, -0.2) is 24.3 Å². The first-order valence-electron chi connectivity index (χ1n) is 7.80. The molecular weight excluding hydrogens is 288 g/mol. The molecule has 0 saturated heterocycles. The lowest BCUT2D eigenvalue weighted by molar-refractivity contribution is 0.676. The van der Waals surface area contributed by atoms with E-state index in [1.165, 1.54) is 5.56 Å². The molecule has 0 unspecified atom stereocenters. The maximum atomic E-state index is 4.53. The SMILES string of the molecule is CC(C)c1nn(C)cc1CNCc1ccc(-n2ccnc2)nc1. The zero-order valence-electron chi connectivity index (χ0n) is 13.8. The van der Waals surface area contributed by atoms with Gasteiger partial charge >= 0.3 is 0 Å². The number of pyridine rings is 1. The summed E-state index contributed by atoms with van der Waals surface area (Å²) in [4.78, 5) is 8.49. The predicted octanol–water partition coefficient (Wildman–Crippen LogP) is 2.41. The lowest BCUT2D eigenvalue weighted by Gasteiger charge is -2.08. The van der Waals surface area contributed by atoms with Crippen LogP contribution in [0.25, 0.3) is 5.82 Å². The van der Waals surface area contributed by atoms with Crippen molar-refractivity contribution in [1.82, 2.24) is 29.6 Å². The number of aryl methyl sites for hydroxylation is 1. The second kappa shape index (κ2) is 6.75. The quantitative estimate of drug-likeness (QED) is 0.759. The number of hydrogen-bond donors (Lipinski definition) is 1. The Morgan fingerprint density at radius 1 is 1.22 bits per heavy atom. The monoisotopic (exact) mass is 310 g/mol. The van der Waals surface area contributed by atoms with Gasteiger partial charge in [0.2, 0.25) is 0 Å². The van der Waals surface area contributed by atoms with Gasteiger partial charge in [0.1, 0.15) is 12.1 Å². The van der Waals surface area contributed by atoms with Crippen LogP contribution in [0.15, 0.2) is 43.2 Å². The molecule has 0 spiro atoms. The van der Waals surface area contributed by atoms with Gasteiger partial charge in [0.25, 0.3) is 0 Å². The Balaban J connectivity index is 1.59. The highest BCUT2D eigenvalue weighted by molar-refractivity contribution is 5.25. The molecule has 0 radical (unpaired) electrons. The molecule has 0 bridgehead atoms. The molecule has 0 aliphatic carbocycles. The van der Waals surface area contributed by atoms with Gasteiger partial charge in [-0.05, 0) is 17.5 Å². The van der Waals surface area contributed by atoms with Crippen LogP contribution >= 0.6 is 0 Å². The number of nitrogens with one attached hydrogen (secondary N) is 1. The highest BCUT2D eigenvalue weighted by Crippen LogP contribution is 2.17. The first kappa shape index (κ1) is 15.4. The minimum absolute atomic E-state index is 0.434. The number of hydrogen-bond acceptors (Lipinski definition) is 4. The van der Waals surface area contributed by atoms with E-state index in [0.717, 1.165) is 30.2 Å². The highest BCUT2D eigenvalue weighted by atomic mass is 15.3. The van der Waals surface area contributed by atoms with E-state index in [2.05, 4.69) is 46.5 Å². The number of rotatable bonds is 6. The first-order valence-corrected chi connectivity index (χ1v) is 7.80. The Bertz CT molecular complexity index is 740. The molecule has 3 aromatic rings. The summed E-state index contributed by atoms with van der Waals surface area (Å²) in [5.74, 6) is 1.31. The molecule has 0 aromatic carbocycles. The molecule has 120 valence electrons. The third kappa shape index (κ3) is 3.65. The van der Waals surface area contributed by atoms with Gasteiger partial charge in [-0.3, -0.25) is 9.25 Å². The molecule has 0 aliphatic heterocycles. The van der Waals surface area contributed by atoms with Gasteiger partial charge in [-0.25, -0.2) is 9.97 Å². The van der Waals surface area contributed by atoms with E-state index in [0.29, 0.717) is 5.92 Å². The van der Waals surface area contributed by atoms with Crippen molar-refractivity contribution in [2.24, 2.45) is 7.05 Å². The lowest BCUT2D eigenvalue weighted by Crippen LogP contribution is -2.14. The van der Waals surface area contributed by atoms with Crippen LogP contribution in [0.4, 0.5) is 0 Å². The second-order valence-electron chi connectivity index (χ2n) is 5.97. The second-order valence-corrected chi connectivity index (χ2v) is 5.97. The molecule has 0 atom stereocenters. The standard InChI is InChI=1S/C17H22N6/c1-13(2)17-15(11-22(3)21-17)10-19-8-14-4-5-16(20-9-14)23-7-6-18-12-23/h4-7,9,11-13,19H,8,10H2,1-3H3. The van der Waals surface area contributed by atoms with Gasteiger partial charge in [0.05, 0.1) is 5.69 Å². The zero-order chi connectivity index (χ0) is 16.2. The minimum Gasteiger partial charge on any atom is -0.308 e. The molecule has 23 heavy (non-hydrogen) atoms. The summed E-state index contributed by atoms with van der Waals surface area (Å²) in [6.45, 7) is 5.93. The summed E-state index contributed by atoms with van der Waals surface area (Å²) in [5, 5.41) is 8.00. The summed E-state index contributed by atoms with van der Waals surface area (Å²) < 4.78 is 3.77. The van der Waals surface area contributed by atoms with E-state index in [9.17, 15) is 0 Å². The van der Waals surface area contributed by atoms with E-state index >= 15 is 0 Å². The fraction of sp³-hybridized carbons (Fsp3) is 0.353. The molecule has 3 heterocycles. The summed E-state index contributed by atoms with van der Waals surface area (Å²) in [6.07, 6.45) is 9.36. The third-order valence-corrected chi connectivity index (χ3v) is 3.71. The normalized spacial score (nSPS) is 11.3. The molecular formula is C17H22N6. The Morgan fingerprint density at radius 2 is 2.09 bits per heavy atom. The average Bonchev–Trinajstić information content (AvgIpc) is 3.18. The Kier molecular flexibility index (Phi) is 4.52. The van der Waals surface area contributed by atoms with Crippen LogP contribution in [0.3, 0.4) is 0 Å². The maximum Gasteiger partial charge on any atom is 0.137 e. The third-order valence-electron chi connectivity index (χ3n) is 3.71. The highest BCUT2D eigenvalue weighted by Gasteiger charge is 2.10. The smallest absolute Gasteiger partial charge is 0.137 e. The van der Waals surface area contributed by atoms with Crippen LogP contribution in [0.5, 0.6) is 0 Å². The van der Waals surface area contributed by atoms with Crippen LogP contribution in [0, 0.1) is 0 Å². The van der Waals surface area contributed by atoms with Crippen LogP contribution in [0.1, 0.15) is 36.6 Å². The van der Waals surface area contributed by atoms with Crippen LogP contribution in [-0.2, 0) is 20.1 Å². The van der Waals surface area contributed by atoms with Crippen molar-refractivity contribution >= 4 is 0 Å². The fourth-order valence-electron chi connectivity index (χ4n) is 2.59. The molecule has 1 N–H and O–H groups in total. The van der Waals surface area contributed by atoms with Crippen molar-refractivity contribution in [3.63, 3.8) is 0 Å². The number of imidazole rings is 1. The summed E-state index contributed by atoms with van der Waals surface area (Å²) in [7, 11) is 1.97. The molecule has 6 heteroatoms. The van der Waals surface area contributed by atoms with Gasteiger partial charge in [-0.2, -0.15) is 5.10 Å². The number of aromatic nitrogens is 5. The zero-order valence-corrected chi connectivity index (χ0v) is 13.8. The largest absolute Gasteiger partial charge is 0.308 e. The average molecular weight is 310 g/mol.